The number of pyridine rings is 1. The summed E-state index contributed by atoms with van der Waals surface area (Å²) in [5.74, 6) is -0.743. The molecule has 1 N–H and O–H groups in total. The van der Waals surface area contributed by atoms with Crippen molar-refractivity contribution in [2.75, 3.05) is 7.11 Å². The quantitative estimate of drug-likeness (QED) is 0.927. The summed E-state index contributed by atoms with van der Waals surface area (Å²) in [7, 11) is -2.72. The molecule has 0 spiro atoms. The van der Waals surface area contributed by atoms with Gasteiger partial charge in [0.1, 0.15) is 5.75 Å². The summed E-state index contributed by atoms with van der Waals surface area (Å²) >= 11 is 5.90. The largest absolute Gasteiger partial charge is 0.494 e. The fourth-order valence-corrected chi connectivity index (χ4v) is 2.80. The van der Waals surface area contributed by atoms with Crippen LogP contribution in [0, 0.1) is 0 Å². The van der Waals surface area contributed by atoms with Crippen molar-refractivity contribution in [2.24, 2.45) is 0 Å². The Morgan fingerprint density at radius 3 is 2.62 bits per heavy atom. The lowest BCUT2D eigenvalue weighted by Crippen LogP contribution is -2.31. The van der Waals surface area contributed by atoms with Crippen LogP contribution in [0.15, 0.2) is 47.6 Å². The average molecular weight is 327 g/mol. The highest BCUT2D eigenvalue weighted by atomic mass is 35.5. The Hall–Kier alpha value is -2.12. The van der Waals surface area contributed by atoms with Crippen LogP contribution in [0.3, 0.4) is 0 Å². The highest BCUT2D eigenvalue weighted by Crippen LogP contribution is 2.28. The molecule has 6 nitrogen and oxygen atoms in total. The van der Waals surface area contributed by atoms with Gasteiger partial charge in [0.25, 0.3) is 15.9 Å². The third kappa shape index (κ3) is 3.32. The number of amides is 1. The molecule has 2 rings (SSSR count). The summed E-state index contributed by atoms with van der Waals surface area (Å²) in [5, 5.41) is -0.0419. The van der Waals surface area contributed by atoms with Gasteiger partial charge in [-0.25, -0.2) is 9.71 Å². The summed E-state index contributed by atoms with van der Waals surface area (Å²) in [6, 6.07) is 8.82. The predicted octanol–water partition coefficient (Wildman–Crippen LogP) is 1.86. The Bertz CT molecular complexity index is 763. The van der Waals surface area contributed by atoms with E-state index in [9.17, 15) is 13.2 Å². The Kier molecular flexibility index (Phi) is 4.44. The molecule has 2 aromatic rings. The summed E-state index contributed by atoms with van der Waals surface area (Å²) in [5.41, 5.74) is 0.0181. The molecule has 0 saturated carbocycles. The molecule has 110 valence electrons. The van der Waals surface area contributed by atoms with E-state index in [1.165, 1.54) is 43.6 Å². The topological polar surface area (TPSA) is 85.4 Å². The number of methoxy groups -OCH3 is 1. The lowest BCUT2D eigenvalue weighted by molar-refractivity contribution is 0.0978. The zero-order valence-corrected chi connectivity index (χ0v) is 12.5. The zero-order chi connectivity index (χ0) is 15.5. The van der Waals surface area contributed by atoms with Gasteiger partial charge in [-0.05, 0) is 24.3 Å². The van der Waals surface area contributed by atoms with Gasteiger partial charge in [-0.15, -0.1) is 0 Å². The van der Waals surface area contributed by atoms with E-state index in [-0.39, 0.29) is 21.4 Å². The van der Waals surface area contributed by atoms with Crippen molar-refractivity contribution in [1.29, 1.82) is 0 Å². The fourth-order valence-electron chi connectivity index (χ4n) is 1.63. The number of halogens is 1. The average Bonchev–Trinajstić information content (AvgIpc) is 2.47. The maximum Gasteiger partial charge on any atom is 0.281 e. The molecule has 8 heteroatoms. The number of nitrogens with zero attached hydrogens (tertiary/aromatic N) is 1. The van der Waals surface area contributed by atoms with Gasteiger partial charge in [0, 0.05) is 6.20 Å². The molecule has 0 fully saturated rings. The van der Waals surface area contributed by atoms with Crippen LogP contribution in [-0.2, 0) is 10.0 Å². The van der Waals surface area contributed by atoms with Crippen LogP contribution in [0.5, 0.6) is 5.75 Å². The van der Waals surface area contributed by atoms with E-state index in [1.807, 2.05) is 4.72 Å². The van der Waals surface area contributed by atoms with E-state index in [0.717, 1.165) is 0 Å². The fraction of sp³-hybridized carbons (Fsp3) is 0.0769. The van der Waals surface area contributed by atoms with Crippen LogP contribution in [-0.4, -0.2) is 26.4 Å². The van der Waals surface area contributed by atoms with E-state index in [0.29, 0.717) is 0 Å². The number of hydrogen-bond donors (Lipinski definition) is 1. The maximum absolute atomic E-state index is 12.1. The van der Waals surface area contributed by atoms with Crippen LogP contribution in [0.2, 0.25) is 5.02 Å². The number of hydrogen-bond acceptors (Lipinski definition) is 5. The van der Waals surface area contributed by atoms with Crippen molar-refractivity contribution in [1.82, 2.24) is 9.71 Å². The Morgan fingerprint density at radius 2 is 2.00 bits per heavy atom. The van der Waals surface area contributed by atoms with E-state index in [2.05, 4.69) is 4.98 Å². The number of carbonyl (C=O) groups is 1. The van der Waals surface area contributed by atoms with Crippen molar-refractivity contribution in [3.8, 4) is 5.75 Å². The molecule has 0 aliphatic heterocycles. The molecule has 0 aliphatic rings. The van der Waals surface area contributed by atoms with Gasteiger partial charge in [0.15, 0.2) is 5.03 Å². The molecule has 0 atom stereocenters. The van der Waals surface area contributed by atoms with E-state index in [1.54, 1.807) is 6.07 Å². The van der Waals surface area contributed by atoms with E-state index >= 15 is 0 Å². The minimum Gasteiger partial charge on any atom is -0.494 e. The van der Waals surface area contributed by atoms with Gasteiger partial charge in [-0.2, -0.15) is 8.42 Å². The Morgan fingerprint density at radius 1 is 1.24 bits per heavy atom. The number of sulfonamides is 1. The number of benzene rings is 1. The second-order valence-electron chi connectivity index (χ2n) is 3.92. The van der Waals surface area contributed by atoms with Crippen LogP contribution < -0.4 is 9.46 Å². The minimum atomic E-state index is -4.05. The molecule has 0 bridgehead atoms. The van der Waals surface area contributed by atoms with Crippen molar-refractivity contribution in [2.45, 2.75) is 5.03 Å². The Labute approximate surface area is 126 Å². The lowest BCUT2D eigenvalue weighted by Gasteiger charge is -2.10. The third-order valence-corrected chi connectivity index (χ3v) is 4.10. The smallest absolute Gasteiger partial charge is 0.281 e. The first-order valence-corrected chi connectivity index (χ1v) is 7.62. The molecule has 1 heterocycles. The first-order valence-electron chi connectivity index (χ1n) is 5.76. The standard InChI is InChI=1S/C13H11ClN2O4S/c1-20-12-9(5-4-6-10(12)14)13(17)16-21(18,19)11-7-2-3-8-15-11/h2-8H,1H3,(H,16,17). The van der Waals surface area contributed by atoms with Crippen LogP contribution in [0.25, 0.3) is 0 Å². The summed E-state index contributed by atoms with van der Waals surface area (Å²) in [6.07, 6.45) is 1.32. The number of carbonyl (C=O) groups excluding carboxylic acids is 1. The monoisotopic (exact) mass is 326 g/mol. The number of aromatic nitrogens is 1. The predicted molar refractivity (Wildman–Crippen MR) is 76.9 cm³/mol. The first kappa shape index (κ1) is 15.3. The van der Waals surface area contributed by atoms with Crippen molar-refractivity contribution in [3.63, 3.8) is 0 Å². The molecule has 0 saturated heterocycles. The van der Waals surface area contributed by atoms with Crippen molar-refractivity contribution >= 4 is 27.5 Å². The molecule has 0 aliphatic carbocycles. The van der Waals surface area contributed by atoms with Gasteiger partial charge < -0.3 is 4.74 Å². The van der Waals surface area contributed by atoms with Gasteiger partial charge in [-0.1, -0.05) is 23.7 Å². The molecule has 1 aromatic carbocycles. The van der Waals surface area contributed by atoms with Crippen LogP contribution in [0.1, 0.15) is 10.4 Å². The summed E-state index contributed by atoms with van der Waals surface area (Å²) < 4.78 is 31.0. The minimum absolute atomic E-state index is 0.0181. The van der Waals surface area contributed by atoms with Gasteiger partial charge in [0.05, 0.1) is 17.7 Å². The maximum atomic E-state index is 12.1. The van der Waals surface area contributed by atoms with E-state index in [4.69, 9.17) is 16.3 Å². The Balaban J connectivity index is 2.33. The van der Waals surface area contributed by atoms with Crippen molar-refractivity contribution < 1.29 is 17.9 Å². The van der Waals surface area contributed by atoms with Gasteiger partial charge in [0.2, 0.25) is 0 Å². The first-order chi connectivity index (χ1) is 9.95. The number of ether oxygens (including phenoxy) is 1. The highest BCUT2D eigenvalue weighted by molar-refractivity contribution is 7.90. The molecular formula is C13H11ClN2O4S. The highest BCUT2D eigenvalue weighted by Gasteiger charge is 2.22. The van der Waals surface area contributed by atoms with Gasteiger partial charge in [-0.3, -0.25) is 4.79 Å². The molecule has 0 radical (unpaired) electrons. The van der Waals surface area contributed by atoms with Crippen LogP contribution in [0.4, 0.5) is 0 Å². The molecule has 21 heavy (non-hydrogen) atoms. The normalized spacial score (nSPS) is 11.0. The van der Waals surface area contributed by atoms with Crippen molar-refractivity contribution in [3.05, 3.63) is 53.2 Å². The molecule has 0 unspecified atom stereocenters. The summed E-state index contributed by atoms with van der Waals surface area (Å²) in [4.78, 5) is 15.8. The molecule has 1 aromatic heterocycles. The van der Waals surface area contributed by atoms with E-state index < -0.39 is 15.9 Å². The lowest BCUT2D eigenvalue weighted by atomic mass is 10.2. The third-order valence-electron chi connectivity index (χ3n) is 2.56. The molecule has 1 amide bonds. The number of rotatable bonds is 4. The zero-order valence-electron chi connectivity index (χ0n) is 10.9. The molecular weight excluding hydrogens is 316 g/mol. The SMILES string of the molecule is COc1c(Cl)cccc1C(=O)NS(=O)(=O)c1ccccn1. The second-order valence-corrected chi connectivity index (χ2v) is 5.96. The second kappa shape index (κ2) is 6.11. The summed E-state index contributed by atoms with van der Waals surface area (Å²) in [6.45, 7) is 0. The number of para-hydroxylation sites is 1. The van der Waals surface area contributed by atoms with Gasteiger partial charge >= 0.3 is 0 Å². The number of nitrogens with one attached hydrogen (secondary N) is 1. The van der Waals surface area contributed by atoms with Crippen LogP contribution >= 0.6 is 11.6 Å².